The highest BCUT2D eigenvalue weighted by Gasteiger charge is 2.34. The molecule has 0 aliphatic rings. The van der Waals surface area contributed by atoms with Crippen LogP contribution in [0.15, 0.2) is 28.7 Å². The van der Waals surface area contributed by atoms with Gasteiger partial charge in [0.25, 0.3) is 0 Å². The van der Waals surface area contributed by atoms with Gasteiger partial charge in [-0.3, -0.25) is 9.59 Å². The maximum Gasteiger partial charge on any atom is 0.237 e. The minimum atomic E-state index is -0.676. The fraction of sp³-hybridized carbons (Fsp3) is 0.467. The number of nitrogens with two attached hydrogens (primary N) is 2. The van der Waals surface area contributed by atoms with Crippen molar-refractivity contribution in [2.45, 2.75) is 26.8 Å². The van der Waals surface area contributed by atoms with Crippen LogP contribution in [0.2, 0.25) is 0 Å². The molecule has 0 radical (unpaired) electrons. The van der Waals surface area contributed by atoms with Crippen molar-refractivity contribution < 1.29 is 9.59 Å². The zero-order chi connectivity index (χ0) is 16.0. The number of primary amides is 1. The van der Waals surface area contributed by atoms with E-state index in [1.165, 1.54) is 4.90 Å². The fourth-order valence-electron chi connectivity index (χ4n) is 1.96. The molecule has 0 bridgehead atoms. The molecule has 0 spiro atoms. The second-order valence-electron chi connectivity index (χ2n) is 5.37. The van der Waals surface area contributed by atoms with Gasteiger partial charge < -0.3 is 16.4 Å². The molecule has 2 amide bonds. The molecule has 21 heavy (non-hydrogen) atoms. The molecule has 1 atom stereocenters. The number of hydrogen-bond acceptors (Lipinski definition) is 3. The number of hydrogen-bond donors (Lipinski definition) is 2. The SMILES string of the molecule is CCC(C)(CN)C(=O)N(CC(N)=O)Cc1ccc(Br)cc1. The van der Waals surface area contributed by atoms with Gasteiger partial charge >= 0.3 is 0 Å². The van der Waals surface area contributed by atoms with Gasteiger partial charge in [-0.2, -0.15) is 0 Å². The molecule has 4 N–H and O–H groups in total. The highest BCUT2D eigenvalue weighted by molar-refractivity contribution is 9.10. The van der Waals surface area contributed by atoms with Crippen LogP contribution in [0.4, 0.5) is 0 Å². The van der Waals surface area contributed by atoms with Crippen LogP contribution in [0, 0.1) is 5.41 Å². The Labute approximate surface area is 133 Å². The van der Waals surface area contributed by atoms with Gasteiger partial charge in [-0.25, -0.2) is 0 Å². The standard InChI is InChI=1S/C15H22BrN3O2/c1-3-15(2,10-17)14(21)19(9-13(18)20)8-11-4-6-12(16)7-5-11/h4-7H,3,8-10,17H2,1-2H3,(H2,18,20). The number of halogens is 1. The summed E-state index contributed by atoms with van der Waals surface area (Å²) in [6.07, 6.45) is 0.609. The first-order chi connectivity index (χ1) is 9.82. The van der Waals surface area contributed by atoms with Crippen molar-refractivity contribution in [3.05, 3.63) is 34.3 Å². The van der Waals surface area contributed by atoms with Crippen LogP contribution >= 0.6 is 15.9 Å². The summed E-state index contributed by atoms with van der Waals surface area (Å²) < 4.78 is 0.958. The molecular formula is C15H22BrN3O2. The molecular weight excluding hydrogens is 334 g/mol. The molecule has 1 aromatic carbocycles. The summed E-state index contributed by atoms with van der Waals surface area (Å²) >= 11 is 3.36. The monoisotopic (exact) mass is 355 g/mol. The molecule has 0 heterocycles. The molecule has 0 fully saturated rings. The quantitative estimate of drug-likeness (QED) is 0.778. The van der Waals surface area contributed by atoms with Crippen molar-refractivity contribution in [2.24, 2.45) is 16.9 Å². The maximum absolute atomic E-state index is 12.7. The van der Waals surface area contributed by atoms with Crippen molar-refractivity contribution in [2.75, 3.05) is 13.1 Å². The lowest BCUT2D eigenvalue weighted by molar-refractivity contribution is -0.144. The summed E-state index contributed by atoms with van der Waals surface area (Å²) in [5.74, 6) is -0.676. The number of carbonyl (C=O) groups is 2. The summed E-state index contributed by atoms with van der Waals surface area (Å²) in [5.41, 5.74) is 11.3. The van der Waals surface area contributed by atoms with Crippen LogP contribution in [0.25, 0.3) is 0 Å². The van der Waals surface area contributed by atoms with E-state index in [4.69, 9.17) is 11.5 Å². The van der Waals surface area contributed by atoms with Crippen LogP contribution in [0.1, 0.15) is 25.8 Å². The summed E-state index contributed by atoms with van der Waals surface area (Å²) in [4.78, 5) is 25.4. The van der Waals surface area contributed by atoms with Crippen LogP contribution < -0.4 is 11.5 Å². The van der Waals surface area contributed by atoms with Crippen LogP contribution in [-0.4, -0.2) is 29.8 Å². The predicted octanol–water partition coefficient (Wildman–Crippen LogP) is 1.64. The van der Waals surface area contributed by atoms with Crippen molar-refractivity contribution in [3.8, 4) is 0 Å². The Morgan fingerprint density at radius 2 is 1.86 bits per heavy atom. The third-order valence-corrected chi connectivity index (χ3v) is 4.20. The van der Waals surface area contributed by atoms with Gasteiger partial charge in [0.2, 0.25) is 11.8 Å². The van der Waals surface area contributed by atoms with Gasteiger partial charge in [-0.1, -0.05) is 35.0 Å². The van der Waals surface area contributed by atoms with Crippen LogP contribution in [0.3, 0.4) is 0 Å². The highest BCUT2D eigenvalue weighted by atomic mass is 79.9. The Morgan fingerprint density at radius 1 is 1.29 bits per heavy atom. The fourth-order valence-corrected chi connectivity index (χ4v) is 2.23. The first-order valence-corrected chi connectivity index (χ1v) is 7.64. The summed E-state index contributed by atoms with van der Waals surface area (Å²) in [6, 6.07) is 7.59. The smallest absolute Gasteiger partial charge is 0.237 e. The largest absolute Gasteiger partial charge is 0.368 e. The van der Waals surface area contributed by atoms with Crippen molar-refractivity contribution >= 4 is 27.7 Å². The second-order valence-corrected chi connectivity index (χ2v) is 6.29. The lowest BCUT2D eigenvalue weighted by Gasteiger charge is -2.32. The third kappa shape index (κ3) is 4.82. The van der Waals surface area contributed by atoms with E-state index in [0.29, 0.717) is 13.0 Å². The van der Waals surface area contributed by atoms with E-state index in [0.717, 1.165) is 10.0 Å². The topological polar surface area (TPSA) is 89.4 Å². The van der Waals surface area contributed by atoms with Crippen molar-refractivity contribution in [1.82, 2.24) is 4.90 Å². The zero-order valence-corrected chi connectivity index (χ0v) is 14.0. The van der Waals surface area contributed by atoms with E-state index in [-0.39, 0.29) is 19.0 Å². The molecule has 1 unspecified atom stereocenters. The number of benzene rings is 1. The summed E-state index contributed by atoms with van der Waals surface area (Å²) in [7, 11) is 0. The normalized spacial score (nSPS) is 13.5. The average Bonchev–Trinajstić information content (AvgIpc) is 2.46. The molecule has 0 saturated heterocycles. The third-order valence-electron chi connectivity index (χ3n) is 3.67. The summed E-state index contributed by atoms with van der Waals surface area (Å²) in [6.45, 7) is 4.19. The first-order valence-electron chi connectivity index (χ1n) is 6.84. The van der Waals surface area contributed by atoms with E-state index in [1.54, 1.807) is 0 Å². The lowest BCUT2D eigenvalue weighted by Crippen LogP contribution is -2.48. The van der Waals surface area contributed by atoms with Crippen molar-refractivity contribution in [3.63, 3.8) is 0 Å². The van der Waals surface area contributed by atoms with Gasteiger partial charge in [0.15, 0.2) is 0 Å². The molecule has 6 heteroatoms. The Kier molecular flexibility index (Phi) is 6.36. The van der Waals surface area contributed by atoms with E-state index < -0.39 is 11.3 Å². The Bertz CT molecular complexity index is 498. The van der Waals surface area contributed by atoms with Gasteiger partial charge in [0.1, 0.15) is 0 Å². The number of nitrogens with zero attached hydrogens (tertiary/aromatic N) is 1. The van der Waals surface area contributed by atoms with Gasteiger partial charge in [0, 0.05) is 17.6 Å². The van der Waals surface area contributed by atoms with E-state index in [9.17, 15) is 9.59 Å². The Morgan fingerprint density at radius 3 is 2.29 bits per heavy atom. The predicted molar refractivity (Wildman–Crippen MR) is 86.2 cm³/mol. The molecule has 0 saturated carbocycles. The summed E-state index contributed by atoms with van der Waals surface area (Å²) in [5, 5.41) is 0. The number of carbonyl (C=O) groups excluding carboxylic acids is 2. The Hall–Kier alpha value is -1.40. The second kappa shape index (κ2) is 7.56. The maximum atomic E-state index is 12.7. The Balaban J connectivity index is 2.97. The molecule has 1 rings (SSSR count). The zero-order valence-electron chi connectivity index (χ0n) is 12.4. The van der Waals surface area contributed by atoms with Gasteiger partial charge in [-0.15, -0.1) is 0 Å². The van der Waals surface area contributed by atoms with E-state index in [1.807, 2.05) is 38.1 Å². The molecule has 0 aliphatic heterocycles. The van der Waals surface area contributed by atoms with Gasteiger partial charge in [-0.05, 0) is 31.0 Å². The molecule has 1 aromatic rings. The first kappa shape index (κ1) is 17.7. The number of rotatable bonds is 7. The molecule has 116 valence electrons. The molecule has 0 aliphatic carbocycles. The minimum absolute atomic E-state index is 0.107. The highest BCUT2D eigenvalue weighted by Crippen LogP contribution is 2.24. The minimum Gasteiger partial charge on any atom is -0.368 e. The van der Waals surface area contributed by atoms with Crippen LogP contribution in [-0.2, 0) is 16.1 Å². The van der Waals surface area contributed by atoms with E-state index in [2.05, 4.69) is 15.9 Å². The molecule has 5 nitrogen and oxygen atoms in total. The lowest BCUT2D eigenvalue weighted by atomic mass is 9.86. The van der Waals surface area contributed by atoms with Crippen molar-refractivity contribution in [1.29, 1.82) is 0 Å². The molecule has 0 aromatic heterocycles. The van der Waals surface area contributed by atoms with Crippen LogP contribution in [0.5, 0.6) is 0 Å². The average molecular weight is 356 g/mol. The van der Waals surface area contributed by atoms with Gasteiger partial charge in [0.05, 0.1) is 12.0 Å². The number of amides is 2. The van der Waals surface area contributed by atoms with E-state index >= 15 is 0 Å².